The van der Waals surface area contributed by atoms with Gasteiger partial charge in [-0.05, 0) is 13.0 Å². The molecule has 0 atom stereocenters. The highest BCUT2D eigenvalue weighted by Crippen LogP contribution is 2.30. The van der Waals surface area contributed by atoms with Crippen LogP contribution in [-0.4, -0.2) is 49.7 Å². The number of hydrogen-bond donors (Lipinski definition) is 0. The Kier molecular flexibility index (Phi) is 4.54. The lowest BCUT2D eigenvalue weighted by molar-refractivity contribution is -0.138. The first-order valence-corrected chi connectivity index (χ1v) is 7.66. The fraction of sp³-hybridized carbons (Fsp3) is 0.375. The molecule has 7 heteroatoms. The number of morpholine rings is 1. The number of furan rings is 1. The van der Waals surface area contributed by atoms with Crippen molar-refractivity contribution in [3.8, 4) is 0 Å². The number of aryl methyl sites for hydroxylation is 1. The number of ether oxygens (including phenoxy) is 2. The van der Waals surface area contributed by atoms with Crippen molar-refractivity contribution in [1.82, 2.24) is 4.90 Å². The van der Waals surface area contributed by atoms with Crippen molar-refractivity contribution in [1.29, 1.82) is 0 Å². The number of carbonyl (C=O) groups is 2. The summed E-state index contributed by atoms with van der Waals surface area (Å²) in [5, 5.41) is 1.18. The third-order valence-corrected chi connectivity index (χ3v) is 4.09. The molecule has 0 saturated carbocycles. The third kappa shape index (κ3) is 3.18. The summed E-state index contributed by atoms with van der Waals surface area (Å²) < 4.78 is 15.8. The van der Waals surface area contributed by atoms with Crippen LogP contribution in [0, 0.1) is 6.92 Å². The zero-order valence-electron chi connectivity index (χ0n) is 12.6. The van der Waals surface area contributed by atoms with Crippen LogP contribution >= 0.6 is 11.6 Å². The highest BCUT2D eigenvalue weighted by atomic mass is 35.5. The Labute approximate surface area is 137 Å². The maximum absolute atomic E-state index is 12.2. The smallest absolute Gasteiger partial charge is 0.375 e. The molecule has 1 aliphatic heterocycles. The lowest BCUT2D eigenvalue weighted by Crippen LogP contribution is -2.42. The number of amides is 1. The number of esters is 1. The number of rotatable bonds is 3. The van der Waals surface area contributed by atoms with Gasteiger partial charge in [-0.15, -0.1) is 0 Å². The second-order valence-electron chi connectivity index (χ2n) is 5.24. The van der Waals surface area contributed by atoms with Gasteiger partial charge in [0.2, 0.25) is 5.76 Å². The molecule has 1 amide bonds. The minimum Gasteiger partial charge on any atom is -0.450 e. The van der Waals surface area contributed by atoms with Gasteiger partial charge in [-0.25, -0.2) is 4.79 Å². The third-order valence-electron chi connectivity index (χ3n) is 3.79. The van der Waals surface area contributed by atoms with Crippen molar-refractivity contribution < 1.29 is 23.5 Å². The average Bonchev–Trinajstić information content (AvgIpc) is 2.92. The van der Waals surface area contributed by atoms with E-state index in [9.17, 15) is 9.59 Å². The zero-order valence-corrected chi connectivity index (χ0v) is 13.4. The molecule has 2 aromatic rings. The maximum Gasteiger partial charge on any atom is 0.375 e. The number of halogens is 1. The van der Waals surface area contributed by atoms with Gasteiger partial charge in [0.25, 0.3) is 5.91 Å². The van der Waals surface area contributed by atoms with E-state index >= 15 is 0 Å². The largest absolute Gasteiger partial charge is 0.450 e. The van der Waals surface area contributed by atoms with E-state index in [0.29, 0.717) is 42.5 Å². The molecule has 0 aliphatic carbocycles. The Bertz CT molecular complexity index is 748. The Hall–Kier alpha value is -2.05. The van der Waals surface area contributed by atoms with Crippen LogP contribution in [0.15, 0.2) is 22.6 Å². The molecular formula is C16H16ClNO5. The SMILES string of the molecule is Cc1c(C(=O)OCC(=O)N2CCOCC2)oc2c(Cl)cccc12. The molecule has 0 bridgehead atoms. The molecule has 0 spiro atoms. The van der Waals surface area contributed by atoms with Crippen LogP contribution in [0.25, 0.3) is 11.0 Å². The molecule has 122 valence electrons. The fourth-order valence-electron chi connectivity index (χ4n) is 2.50. The monoisotopic (exact) mass is 337 g/mol. The predicted molar refractivity (Wildman–Crippen MR) is 83.6 cm³/mol. The van der Waals surface area contributed by atoms with Crippen molar-refractivity contribution in [3.63, 3.8) is 0 Å². The molecule has 1 fully saturated rings. The number of para-hydroxylation sites is 1. The summed E-state index contributed by atoms with van der Waals surface area (Å²) in [6.45, 7) is 3.46. The molecule has 2 heterocycles. The summed E-state index contributed by atoms with van der Waals surface area (Å²) in [5.74, 6) is -0.840. The minimum absolute atomic E-state index is 0.0721. The highest BCUT2D eigenvalue weighted by Gasteiger charge is 2.23. The van der Waals surface area contributed by atoms with E-state index in [1.807, 2.05) is 6.07 Å². The summed E-state index contributed by atoms with van der Waals surface area (Å²) in [6.07, 6.45) is 0. The van der Waals surface area contributed by atoms with E-state index in [1.54, 1.807) is 24.0 Å². The first kappa shape index (κ1) is 15.8. The van der Waals surface area contributed by atoms with Gasteiger partial charge in [0.05, 0.1) is 18.2 Å². The standard InChI is InChI=1S/C16H16ClNO5/c1-10-11-3-2-4-12(17)15(11)23-14(10)16(20)22-9-13(19)18-5-7-21-8-6-18/h2-4H,5-9H2,1H3. The normalized spacial score (nSPS) is 15.0. The lowest BCUT2D eigenvalue weighted by Gasteiger charge is -2.26. The molecule has 1 aliphatic rings. The van der Waals surface area contributed by atoms with Crippen LogP contribution in [0.3, 0.4) is 0 Å². The first-order valence-electron chi connectivity index (χ1n) is 7.28. The molecule has 1 saturated heterocycles. The number of nitrogens with zero attached hydrogens (tertiary/aromatic N) is 1. The quantitative estimate of drug-likeness (QED) is 0.804. The van der Waals surface area contributed by atoms with Gasteiger partial charge in [-0.3, -0.25) is 4.79 Å². The zero-order chi connectivity index (χ0) is 16.4. The predicted octanol–water partition coefficient (Wildman–Crippen LogP) is 2.41. The summed E-state index contributed by atoms with van der Waals surface area (Å²) in [4.78, 5) is 25.8. The second-order valence-corrected chi connectivity index (χ2v) is 5.65. The molecular weight excluding hydrogens is 322 g/mol. The molecule has 0 unspecified atom stereocenters. The van der Waals surface area contributed by atoms with E-state index in [-0.39, 0.29) is 18.3 Å². The summed E-state index contributed by atoms with van der Waals surface area (Å²) >= 11 is 6.06. The molecule has 6 nitrogen and oxygen atoms in total. The first-order chi connectivity index (χ1) is 11.1. The molecule has 0 radical (unpaired) electrons. The fourth-order valence-corrected chi connectivity index (χ4v) is 2.71. The Morgan fingerprint density at radius 3 is 2.74 bits per heavy atom. The molecule has 1 aromatic heterocycles. The lowest BCUT2D eigenvalue weighted by atomic mass is 10.1. The Morgan fingerprint density at radius 2 is 2.04 bits per heavy atom. The van der Waals surface area contributed by atoms with Crippen molar-refractivity contribution in [3.05, 3.63) is 34.5 Å². The number of fused-ring (bicyclic) bond motifs is 1. The van der Waals surface area contributed by atoms with Gasteiger partial charge in [0.15, 0.2) is 12.2 Å². The van der Waals surface area contributed by atoms with Crippen molar-refractivity contribution >= 4 is 34.4 Å². The van der Waals surface area contributed by atoms with E-state index < -0.39 is 5.97 Å². The van der Waals surface area contributed by atoms with Crippen LogP contribution in [0.4, 0.5) is 0 Å². The average molecular weight is 338 g/mol. The Morgan fingerprint density at radius 1 is 1.30 bits per heavy atom. The Balaban J connectivity index is 1.70. The van der Waals surface area contributed by atoms with Crippen molar-refractivity contribution in [2.24, 2.45) is 0 Å². The molecule has 1 aromatic carbocycles. The van der Waals surface area contributed by atoms with E-state index in [1.165, 1.54) is 0 Å². The second kappa shape index (κ2) is 6.60. The van der Waals surface area contributed by atoms with Crippen LogP contribution in [0.2, 0.25) is 5.02 Å². The molecule has 0 N–H and O–H groups in total. The van der Waals surface area contributed by atoms with Gasteiger partial charge < -0.3 is 18.8 Å². The topological polar surface area (TPSA) is 69.0 Å². The van der Waals surface area contributed by atoms with E-state index in [2.05, 4.69) is 0 Å². The number of hydrogen-bond acceptors (Lipinski definition) is 5. The van der Waals surface area contributed by atoms with Crippen molar-refractivity contribution in [2.75, 3.05) is 32.9 Å². The van der Waals surface area contributed by atoms with Crippen LogP contribution in [0.5, 0.6) is 0 Å². The van der Waals surface area contributed by atoms with Crippen LogP contribution in [0.1, 0.15) is 16.1 Å². The molecule has 3 rings (SSSR count). The highest BCUT2D eigenvalue weighted by molar-refractivity contribution is 6.35. The number of benzene rings is 1. The van der Waals surface area contributed by atoms with Gasteiger partial charge >= 0.3 is 5.97 Å². The number of carbonyl (C=O) groups excluding carboxylic acids is 2. The van der Waals surface area contributed by atoms with Crippen LogP contribution in [-0.2, 0) is 14.3 Å². The van der Waals surface area contributed by atoms with Crippen LogP contribution < -0.4 is 0 Å². The van der Waals surface area contributed by atoms with Gasteiger partial charge in [-0.1, -0.05) is 23.7 Å². The van der Waals surface area contributed by atoms with Crippen molar-refractivity contribution in [2.45, 2.75) is 6.92 Å². The van der Waals surface area contributed by atoms with E-state index in [4.69, 9.17) is 25.5 Å². The summed E-state index contributed by atoms with van der Waals surface area (Å²) in [5.41, 5.74) is 1.09. The summed E-state index contributed by atoms with van der Waals surface area (Å²) in [6, 6.07) is 5.28. The van der Waals surface area contributed by atoms with Gasteiger partial charge in [0.1, 0.15) is 0 Å². The minimum atomic E-state index is -0.670. The van der Waals surface area contributed by atoms with E-state index in [0.717, 1.165) is 5.39 Å². The molecule has 23 heavy (non-hydrogen) atoms. The maximum atomic E-state index is 12.2. The van der Waals surface area contributed by atoms with Gasteiger partial charge in [0, 0.05) is 24.0 Å². The van der Waals surface area contributed by atoms with Gasteiger partial charge in [-0.2, -0.15) is 0 Å². The summed E-state index contributed by atoms with van der Waals surface area (Å²) in [7, 11) is 0.